The van der Waals surface area contributed by atoms with Crippen molar-refractivity contribution in [3.05, 3.63) is 18.1 Å². The van der Waals surface area contributed by atoms with Gasteiger partial charge < -0.3 is 10.2 Å². The second kappa shape index (κ2) is 6.66. The predicted molar refractivity (Wildman–Crippen MR) is 70.7 cm³/mol. The fraction of sp³-hybridized carbons (Fsp3) is 0.692. The Bertz CT molecular complexity index is 355. The van der Waals surface area contributed by atoms with Crippen LogP contribution in [0.1, 0.15) is 44.7 Å². The minimum atomic E-state index is 0.387. The molecule has 0 aliphatic heterocycles. The van der Waals surface area contributed by atoms with Crippen molar-refractivity contribution in [3.8, 4) is 0 Å². The number of hydrogen-bond acceptors (Lipinski definition) is 5. The number of nitrogens with two attached hydrogens (primary N) is 1. The van der Waals surface area contributed by atoms with Crippen molar-refractivity contribution >= 4 is 5.82 Å². The van der Waals surface area contributed by atoms with E-state index in [0.717, 1.165) is 5.69 Å². The van der Waals surface area contributed by atoms with Gasteiger partial charge in [0.25, 0.3) is 0 Å². The maximum absolute atomic E-state index is 5.99. The van der Waals surface area contributed by atoms with Crippen molar-refractivity contribution < 1.29 is 4.74 Å². The minimum absolute atomic E-state index is 0.387. The van der Waals surface area contributed by atoms with Gasteiger partial charge in [-0.05, 0) is 18.8 Å². The van der Waals surface area contributed by atoms with E-state index in [1.54, 1.807) is 12.4 Å². The van der Waals surface area contributed by atoms with Gasteiger partial charge in [0.1, 0.15) is 0 Å². The summed E-state index contributed by atoms with van der Waals surface area (Å²) in [5, 5.41) is 0. The Morgan fingerprint density at radius 3 is 2.83 bits per heavy atom. The van der Waals surface area contributed by atoms with E-state index >= 15 is 0 Å². The molecule has 100 valence electrons. The number of hydrazine groups is 1. The van der Waals surface area contributed by atoms with Crippen molar-refractivity contribution in [2.75, 3.05) is 5.43 Å². The first-order valence-corrected chi connectivity index (χ1v) is 6.72. The van der Waals surface area contributed by atoms with Crippen molar-refractivity contribution in [2.45, 2.75) is 51.7 Å². The molecule has 0 radical (unpaired) electrons. The van der Waals surface area contributed by atoms with Gasteiger partial charge in [-0.3, -0.25) is 4.98 Å². The first kappa shape index (κ1) is 13.2. The molecular weight excluding hydrogens is 228 g/mol. The average Bonchev–Trinajstić information content (AvgIpc) is 2.46. The molecule has 1 heterocycles. The summed E-state index contributed by atoms with van der Waals surface area (Å²) in [4.78, 5) is 8.38. The summed E-state index contributed by atoms with van der Waals surface area (Å²) < 4.78 is 5.99. The SMILES string of the molecule is CCC1CCCCC1OCc1cnc(NN)cn1. The summed E-state index contributed by atoms with van der Waals surface area (Å²) in [6.07, 6.45) is 10.0. The number of nitrogens with one attached hydrogen (secondary N) is 1. The highest BCUT2D eigenvalue weighted by atomic mass is 16.5. The van der Waals surface area contributed by atoms with Gasteiger partial charge in [0.15, 0.2) is 5.82 Å². The number of nitrogens with zero attached hydrogens (tertiary/aromatic N) is 2. The fourth-order valence-electron chi connectivity index (χ4n) is 2.56. The number of rotatable bonds is 5. The van der Waals surface area contributed by atoms with Crippen molar-refractivity contribution in [3.63, 3.8) is 0 Å². The van der Waals surface area contributed by atoms with Gasteiger partial charge in [-0.25, -0.2) is 10.8 Å². The number of anilines is 1. The van der Waals surface area contributed by atoms with E-state index in [4.69, 9.17) is 10.6 Å². The third-order valence-electron chi connectivity index (χ3n) is 3.66. The van der Waals surface area contributed by atoms with Gasteiger partial charge >= 0.3 is 0 Å². The van der Waals surface area contributed by atoms with Crippen LogP contribution in [-0.4, -0.2) is 16.1 Å². The summed E-state index contributed by atoms with van der Waals surface area (Å²) in [5.41, 5.74) is 3.32. The van der Waals surface area contributed by atoms with Crippen LogP contribution in [0.4, 0.5) is 5.82 Å². The zero-order valence-corrected chi connectivity index (χ0v) is 10.9. The third-order valence-corrected chi connectivity index (χ3v) is 3.66. The predicted octanol–water partition coefficient (Wildman–Crippen LogP) is 2.25. The van der Waals surface area contributed by atoms with Gasteiger partial charge in [-0.2, -0.15) is 0 Å². The molecule has 1 aliphatic rings. The fourth-order valence-corrected chi connectivity index (χ4v) is 2.56. The zero-order valence-electron chi connectivity index (χ0n) is 10.9. The Morgan fingerprint density at radius 1 is 1.33 bits per heavy atom. The molecule has 0 saturated heterocycles. The zero-order chi connectivity index (χ0) is 12.8. The van der Waals surface area contributed by atoms with E-state index in [-0.39, 0.29) is 0 Å². The highest BCUT2D eigenvalue weighted by Gasteiger charge is 2.24. The topological polar surface area (TPSA) is 73.1 Å². The lowest BCUT2D eigenvalue weighted by Crippen LogP contribution is -2.27. The van der Waals surface area contributed by atoms with Crippen LogP contribution in [-0.2, 0) is 11.3 Å². The van der Waals surface area contributed by atoms with Crippen molar-refractivity contribution in [1.82, 2.24) is 9.97 Å². The van der Waals surface area contributed by atoms with Gasteiger partial charge in [0.2, 0.25) is 0 Å². The standard InChI is InChI=1S/C13H22N4O/c1-2-10-5-3-4-6-12(10)18-9-11-7-16-13(17-14)8-15-11/h7-8,10,12H,2-6,9,14H2,1H3,(H,16,17). The number of ether oxygens (including phenoxy) is 1. The Hall–Kier alpha value is -1.20. The summed E-state index contributed by atoms with van der Waals surface area (Å²) in [6, 6.07) is 0. The Balaban J connectivity index is 1.85. The lowest BCUT2D eigenvalue weighted by atomic mass is 9.85. The van der Waals surface area contributed by atoms with E-state index < -0.39 is 0 Å². The van der Waals surface area contributed by atoms with E-state index in [9.17, 15) is 0 Å². The lowest BCUT2D eigenvalue weighted by molar-refractivity contribution is -0.0235. The van der Waals surface area contributed by atoms with Crippen LogP contribution in [0, 0.1) is 5.92 Å². The summed E-state index contributed by atoms with van der Waals surface area (Å²) in [7, 11) is 0. The molecule has 2 rings (SSSR count). The average molecular weight is 250 g/mol. The smallest absolute Gasteiger partial charge is 0.158 e. The van der Waals surface area contributed by atoms with E-state index in [2.05, 4.69) is 22.3 Å². The molecule has 2 unspecified atom stereocenters. The number of aromatic nitrogens is 2. The molecule has 5 nitrogen and oxygen atoms in total. The van der Waals surface area contributed by atoms with Gasteiger partial charge in [0.05, 0.1) is 30.8 Å². The second-order valence-corrected chi connectivity index (χ2v) is 4.84. The third kappa shape index (κ3) is 3.40. The highest BCUT2D eigenvalue weighted by molar-refractivity contribution is 5.28. The van der Waals surface area contributed by atoms with Gasteiger partial charge in [0, 0.05) is 0 Å². The van der Waals surface area contributed by atoms with Crippen molar-refractivity contribution in [2.24, 2.45) is 11.8 Å². The van der Waals surface area contributed by atoms with Crippen LogP contribution in [0.5, 0.6) is 0 Å². The molecule has 5 heteroatoms. The molecule has 0 spiro atoms. The molecule has 1 saturated carbocycles. The first-order valence-electron chi connectivity index (χ1n) is 6.72. The molecule has 1 aromatic heterocycles. The minimum Gasteiger partial charge on any atom is -0.372 e. The summed E-state index contributed by atoms with van der Waals surface area (Å²) in [6.45, 7) is 2.78. The van der Waals surface area contributed by atoms with Crippen LogP contribution in [0.25, 0.3) is 0 Å². The molecule has 0 aromatic carbocycles. The van der Waals surface area contributed by atoms with E-state index in [0.29, 0.717) is 24.4 Å². The molecule has 1 aliphatic carbocycles. The lowest BCUT2D eigenvalue weighted by Gasteiger charge is -2.30. The Kier molecular flexibility index (Phi) is 4.90. The molecule has 18 heavy (non-hydrogen) atoms. The second-order valence-electron chi connectivity index (χ2n) is 4.84. The summed E-state index contributed by atoms with van der Waals surface area (Å²) in [5.74, 6) is 6.52. The van der Waals surface area contributed by atoms with Gasteiger partial charge in [-0.15, -0.1) is 0 Å². The number of nitrogen functional groups attached to an aromatic ring is 1. The van der Waals surface area contributed by atoms with Crippen LogP contribution < -0.4 is 11.3 Å². The molecule has 1 fully saturated rings. The van der Waals surface area contributed by atoms with Crippen LogP contribution in [0.2, 0.25) is 0 Å². The Morgan fingerprint density at radius 2 is 2.17 bits per heavy atom. The maximum Gasteiger partial charge on any atom is 0.158 e. The normalized spacial score (nSPS) is 23.9. The maximum atomic E-state index is 5.99. The van der Waals surface area contributed by atoms with Gasteiger partial charge in [-0.1, -0.05) is 26.2 Å². The monoisotopic (exact) mass is 250 g/mol. The number of hydrogen-bond donors (Lipinski definition) is 2. The van der Waals surface area contributed by atoms with Crippen LogP contribution >= 0.6 is 0 Å². The highest BCUT2D eigenvalue weighted by Crippen LogP contribution is 2.29. The summed E-state index contributed by atoms with van der Waals surface area (Å²) >= 11 is 0. The first-order chi connectivity index (χ1) is 8.83. The van der Waals surface area contributed by atoms with Crippen molar-refractivity contribution in [1.29, 1.82) is 0 Å². The molecule has 3 N–H and O–H groups in total. The Labute approximate surface area is 108 Å². The largest absolute Gasteiger partial charge is 0.372 e. The molecule has 0 amide bonds. The molecule has 0 bridgehead atoms. The quantitative estimate of drug-likeness (QED) is 0.619. The van der Waals surface area contributed by atoms with Crippen LogP contribution in [0.15, 0.2) is 12.4 Å². The van der Waals surface area contributed by atoms with E-state index in [1.165, 1.54) is 32.1 Å². The molecular formula is C13H22N4O. The van der Waals surface area contributed by atoms with Crippen LogP contribution in [0.3, 0.4) is 0 Å². The van der Waals surface area contributed by atoms with E-state index in [1.807, 2.05) is 0 Å². The molecule has 2 atom stereocenters. The molecule has 1 aromatic rings.